The molecule has 0 bridgehead atoms. The van der Waals surface area contributed by atoms with Crippen molar-refractivity contribution in [2.75, 3.05) is 0 Å². The SMILES string of the molecule is CC(C)c1ccccc1-c1ccc(-c2cccc(-c3c4ccccc4c(-c4ccc(-c5ccccc5)c5ccccc45)c4ccccc34)c2)cc1. The van der Waals surface area contributed by atoms with Crippen molar-refractivity contribution in [2.45, 2.75) is 19.8 Å². The minimum atomic E-state index is 0.473. The number of benzene rings is 9. The Bertz CT molecular complexity index is 2640. The molecule has 242 valence electrons. The van der Waals surface area contributed by atoms with Gasteiger partial charge in [-0.05, 0) is 105 Å². The first-order valence-electron chi connectivity index (χ1n) is 18.0. The van der Waals surface area contributed by atoms with Crippen LogP contribution in [0, 0.1) is 0 Å². The highest BCUT2D eigenvalue weighted by Crippen LogP contribution is 2.46. The van der Waals surface area contributed by atoms with E-state index in [2.05, 4.69) is 202 Å². The van der Waals surface area contributed by atoms with Crippen LogP contribution in [0.15, 0.2) is 188 Å². The van der Waals surface area contributed by atoms with Gasteiger partial charge in [-0.25, -0.2) is 0 Å². The Kier molecular flexibility index (Phi) is 7.79. The lowest BCUT2D eigenvalue weighted by atomic mass is 9.83. The third-order valence-corrected chi connectivity index (χ3v) is 10.5. The quantitative estimate of drug-likeness (QED) is 0.157. The van der Waals surface area contributed by atoms with E-state index in [0.29, 0.717) is 5.92 Å². The first-order valence-corrected chi connectivity index (χ1v) is 18.0. The molecule has 0 atom stereocenters. The molecule has 0 saturated heterocycles. The minimum Gasteiger partial charge on any atom is -0.0622 e. The van der Waals surface area contributed by atoms with Crippen LogP contribution >= 0.6 is 0 Å². The molecule has 0 aliphatic rings. The third-order valence-electron chi connectivity index (χ3n) is 10.5. The average molecular weight is 651 g/mol. The maximum atomic E-state index is 2.37. The van der Waals surface area contributed by atoms with Crippen molar-refractivity contribution in [3.05, 3.63) is 194 Å². The fourth-order valence-corrected chi connectivity index (χ4v) is 8.08. The van der Waals surface area contributed by atoms with Gasteiger partial charge >= 0.3 is 0 Å². The third kappa shape index (κ3) is 5.41. The van der Waals surface area contributed by atoms with Crippen LogP contribution in [0.2, 0.25) is 0 Å². The highest BCUT2D eigenvalue weighted by molar-refractivity contribution is 6.24. The second kappa shape index (κ2) is 12.9. The van der Waals surface area contributed by atoms with E-state index >= 15 is 0 Å². The summed E-state index contributed by atoms with van der Waals surface area (Å²) in [5.74, 6) is 0.473. The van der Waals surface area contributed by atoms with Gasteiger partial charge in [-0.2, -0.15) is 0 Å². The van der Waals surface area contributed by atoms with E-state index in [1.807, 2.05) is 0 Å². The molecule has 0 amide bonds. The lowest BCUT2D eigenvalue weighted by Gasteiger charge is -2.20. The van der Waals surface area contributed by atoms with Crippen LogP contribution in [0.25, 0.3) is 88.0 Å². The summed E-state index contributed by atoms with van der Waals surface area (Å²) in [6, 6.07) is 69.1. The van der Waals surface area contributed by atoms with Crippen LogP contribution in [0.3, 0.4) is 0 Å². The van der Waals surface area contributed by atoms with Crippen molar-refractivity contribution in [2.24, 2.45) is 0 Å². The molecule has 0 nitrogen and oxygen atoms in total. The summed E-state index contributed by atoms with van der Waals surface area (Å²) >= 11 is 0. The Labute approximate surface area is 300 Å². The van der Waals surface area contributed by atoms with Gasteiger partial charge in [0.25, 0.3) is 0 Å². The summed E-state index contributed by atoms with van der Waals surface area (Å²) in [7, 11) is 0. The van der Waals surface area contributed by atoms with Gasteiger partial charge in [0.05, 0.1) is 0 Å². The molecule has 0 aromatic heterocycles. The summed E-state index contributed by atoms with van der Waals surface area (Å²) in [5, 5.41) is 7.60. The van der Waals surface area contributed by atoms with Gasteiger partial charge < -0.3 is 0 Å². The van der Waals surface area contributed by atoms with Crippen LogP contribution in [0.5, 0.6) is 0 Å². The molecule has 0 radical (unpaired) electrons. The van der Waals surface area contributed by atoms with Crippen molar-refractivity contribution in [1.82, 2.24) is 0 Å². The predicted octanol–water partition coefficient (Wildman–Crippen LogP) is 14.6. The van der Waals surface area contributed by atoms with Crippen molar-refractivity contribution in [3.8, 4) is 55.6 Å². The lowest BCUT2D eigenvalue weighted by Crippen LogP contribution is -1.93. The second-order valence-electron chi connectivity index (χ2n) is 13.8. The molecule has 0 aliphatic carbocycles. The standard InChI is InChI=1S/C51H38/c1-34(2)40-19-6-7-20-41(40)37-29-27-35(28-30-37)38-17-14-18-39(33-38)50-45-23-10-12-25-47(45)51(48-26-13-11-24-46(48)50)49-32-31-42(36-15-4-3-5-16-36)43-21-8-9-22-44(43)49/h3-34H,1-2H3. The normalized spacial score (nSPS) is 11.5. The van der Waals surface area contributed by atoms with E-state index in [1.54, 1.807) is 0 Å². The largest absolute Gasteiger partial charge is 0.0622 e. The van der Waals surface area contributed by atoms with Gasteiger partial charge in [0.1, 0.15) is 0 Å². The van der Waals surface area contributed by atoms with Crippen LogP contribution in [-0.4, -0.2) is 0 Å². The Morgan fingerprint density at radius 1 is 0.275 bits per heavy atom. The van der Waals surface area contributed by atoms with Gasteiger partial charge in [-0.3, -0.25) is 0 Å². The van der Waals surface area contributed by atoms with Gasteiger partial charge in [0.15, 0.2) is 0 Å². The molecule has 9 aromatic carbocycles. The average Bonchev–Trinajstić information content (AvgIpc) is 3.20. The van der Waals surface area contributed by atoms with E-state index < -0.39 is 0 Å². The molecular formula is C51H38. The Balaban J connectivity index is 1.21. The molecule has 0 saturated carbocycles. The van der Waals surface area contributed by atoms with E-state index in [4.69, 9.17) is 0 Å². The fourth-order valence-electron chi connectivity index (χ4n) is 8.08. The van der Waals surface area contributed by atoms with E-state index in [-0.39, 0.29) is 0 Å². The molecule has 0 heteroatoms. The molecule has 9 rings (SSSR count). The topological polar surface area (TPSA) is 0 Å². The molecule has 0 unspecified atom stereocenters. The monoisotopic (exact) mass is 650 g/mol. The lowest BCUT2D eigenvalue weighted by molar-refractivity contribution is 0.869. The van der Waals surface area contributed by atoms with Crippen molar-refractivity contribution >= 4 is 32.3 Å². The summed E-state index contributed by atoms with van der Waals surface area (Å²) < 4.78 is 0. The summed E-state index contributed by atoms with van der Waals surface area (Å²) in [5.41, 5.74) is 13.9. The van der Waals surface area contributed by atoms with Gasteiger partial charge in [-0.1, -0.05) is 196 Å². The van der Waals surface area contributed by atoms with Gasteiger partial charge in [-0.15, -0.1) is 0 Å². The minimum absolute atomic E-state index is 0.473. The van der Waals surface area contributed by atoms with Gasteiger partial charge in [0, 0.05) is 0 Å². The molecule has 0 aliphatic heterocycles. The van der Waals surface area contributed by atoms with Crippen LogP contribution < -0.4 is 0 Å². The Morgan fingerprint density at radius 2 is 0.725 bits per heavy atom. The summed E-state index contributed by atoms with van der Waals surface area (Å²) in [6.45, 7) is 4.53. The highest BCUT2D eigenvalue weighted by Gasteiger charge is 2.19. The number of hydrogen-bond donors (Lipinski definition) is 0. The first-order chi connectivity index (χ1) is 25.2. The molecular weight excluding hydrogens is 613 g/mol. The number of fused-ring (bicyclic) bond motifs is 3. The van der Waals surface area contributed by atoms with E-state index in [0.717, 1.165) is 0 Å². The van der Waals surface area contributed by atoms with E-state index in [9.17, 15) is 0 Å². The molecule has 0 fully saturated rings. The van der Waals surface area contributed by atoms with Gasteiger partial charge in [0.2, 0.25) is 0 Å². The van der Waals surface area contributed by atoms with Crippen molar-refractivity contribution < 1.29 is 0 Å². The number of rotatable bonds is 6. The summed E-state index contributed by atoms with van der Waals surface area (Å²) in [6.07, 6.45) is 0. The molecule has 0 spiro atoms. The molecule has 0 N–H and O–H groups in total. The van der Waals surface area contributed by atoms with E-state index in [1.165, 1.54) is 93.5 Å². The van der Waals surface area contributed by atoms with Crippen LogP contribution in [-0.2, 0) is 0 Å². The zero-order valence-corrected chi connectivity index (χ0v) is 29.0. The first kappa shape index (κ1) is 30.8. The summed E-state index contributed by atoms with van der Waals surface area (Å²) in [4.78, 5) is 0. The highest BCUT2D eigenvalue weighted by atomic mass is 14.2. The Hall–Kier alpha value is -6.24. The maximum Gasteiger partial charge on any atom is -0.00201 e. The van der Waals surface area contributed by atoms with Crippen LogP contribution in [0.1, 0.15) is 25.3 Å². The van der Waals surface area contributed by atoms with Crippen molar-refractivity contribution in [1.29, 1.82) is 0 Å². The predicted molar refractivity (Wildman–Crippen MR) is 220 cm³/mol. The fraction of sp³-hybridized carbons (Fsp3) is 0.0588. The molecule has 0 heterocycles. The maximum absolute atomic E-state index is 2.37. The zero-order chi connectivity index (χ0) is 34.3. The molecule has 51 heavy (non-hydrogen) atoms. The molecule has 9 aromatic rings. The number of hydrogen-bond acceptors (Lipinski definition) is 0. The second-order valence-corrected chi connectivity index (χ2v) is 13.8. The van der Waals surface area contributed by atoms with Crippen molar-refractivity contribution in [3.63, 3.8) is 0 Å². The Morgan fingerprint density at radius 3 is 1.37 bits per heavy atom. The smallest absolute Gasteiger partial charge is 0.00201 e. The zero-order valence-electron chi connectivity index (χ0n) is 29.0. The van der Waals surface area contributed by atoms with Crippen LogP contribution in [0.4, 0.5) is 0 Å².